The lowest BCUT2D eigenvalue weighted by Gasteiger charge is -2.30. The van der Waals surface area contributed by atoms with E-state index in [0.29, 0.717) is 13.2 Å². The number of piperidine rings is 1. The second-order valence-corrected chi connectivity index (χ2v) is 4.51. The van der Waals surface area contributed by atoms with Gasteiger partial charge >= 0.3 is 5.97 Å². The van der Waals surface area contributed by atoms with Crippen molar-refractivity contribution in [3.8, 4) is 0 Å². The SMILES string of the molecule is CCOC(=O)[C@H]1CNCC[C@H]1c1cccc(F)c1. The highest BCUT2D eigenvalue weighted by Crippen LogP contribution is 2.31. The van der Waals surface area contributed by atoms with Gasteiger partial charge in [-0.3, -0.25) is 4.79 Å². The van der Waals surface area contributed by atoms with Gasteiger partial charge in [0.25, 0.3) is 0 Å². The number of carbonyl (C=O) groups excluding carboxylic acids is 1. The maximum absolute atomic E-state index is 13.3. The monoisotopic (exact) mass is 251 g/mol. The third-order valence-electron chi connectivity index (χ3n) is 3.35. The predicted octanol–water partition coefficient (Wildman–Crippen LogP) is 2.08. The molecule has 1 fully saturated rings. The zero-order valence-corrected chi connectivity index (χ0v) is 10.5. The van der Waals surface area contributed by atoms with Crippen LogP contribution in [0.4, 0.5) is 4.39 Å². The number of carbonyl (C=O) groups is 1. The molecule has 1 N–H and O–H groups in total. The van der Waals surface area contributed by atoms with Gasteiger partial charge in [0.15, 0.2) is 0 Å². The fourth-order valence-electron chi connectivity index (χ4n) is 2.49. The van der Waals surface area contributed by atoms with Crippen molar-refractivity contribution in [3.05, 3.63) is 35.6 Å². The van der Waals surface area contributed by atoms with Crippen LogP contribution in [0.3, 0.4) is 0 Å². The second-order valence-electron chi connectivity index (χ2n) is 4.51. The van der Waals surface area contributed by atoms with E-state index in [1.54, 1.807) is 13.0 Å². The van der Waals surface area contributed by atoms with E-state index >= 15 is 0 Å². The molecule has 0 amide bonds. The highest BCUT2D eigenvalue weighted by atomic mass is 19.1. The van der Waals surface area contributed by atoms with E-state index in [4.69, 9.17) is 4.74 Å². The van der Waals surface area contributed by atoms with Gasteiger partial charge in [-0.2, -0.15) is 0 Å². The Hall–Kier alpha value is -1.42. The Balaban J connectivity index is 2.20. The van der Waals surface area contributed by atoms with Crippen LogP contribution in [0.1, 0.15) is 24.8 Å². The van der Waals surface area contributed by atoms with Crippen molar-refractivity contribution in [1.82, 2.24) is 5.32 Å². The summed E-state index contributed by atoms with van der Waals surface area (Å²) in [4.78, 5) is 11.9. The first kappa shape index (κ1) is 13.0. The molecule has 1 heterocycles. The molecule has 18 heavy (non-hydrogen) atoms. The number of hydrogen-bond donors (Lipinski definition) is 1. The molecule has 2 rings (SSSR count). The summed E-state index contributed by atoms with van der Waals surface area (Å²) in [6, 6.07) is 6.51. The summed E-state index contributed by atoms with van der Waals surface area (Å²) in [6.45, 7) is 3.62. The molecule has 4 heteroatoms. The Morgan fingerprint density at radius 1 is 1.56 bits per heavy atom. The fraction of sp³-hybridized carbons (Fsp3) is 0.500. The molecule has 1 aromatic carbocycles. The summed E-state index contributed by atoms with van der Waals surface area (Å²) in [5.74, 6) is -0.630. The predicted molar refractivity (Wildman–Crippen MR) is 66.8 cm³/mol. The molecule has 0 aliphatic carbocycles. The zero-order valence-electron chi connectivity index (χ0n) is 10.5. The van der Waals surface area contributed by atoms with Gasteiger partial charge in [0.05, 0.1) is 12.5 Å². The van der Waals surface area contributed by atoms with Crippen molar-refractivity contribution in [2.24, 2.45) is 5.92 Å². The molecule has 1 aliphatic heterocycles. The summed E-state index contributed by atoms with van der Waals surface area (Å²) < 4.78 is 18.4. The van der Waals surface area contributed by atoms with Gasteiger partial charge in [0, 0.05) is 6.54 Å². The smallest absolute Gasteiger partial charge is 0.310 e. The minimum absolute atomic E-state index is 0.0426. The molecule has 0 bridgehead atoms. The molecule has 0 saturated carbocycles. The van der Waals surface area contributed by atoms with Gasteiger partial charge in [-0.1, -0.05) is 12.1 Å². The molecule has 0 spiro atoms. The van der Waals surface area contributed by atoms with Crippen molar-refractivity contribution in [2.45, 2.75) is 19.3 Å². The van der Waals surface area contributed by atoms with Crippen molar-refractivity contribution >= 4 is 5.97 Å². The molecule has 2 atom stereocenters. The fourth-order valence-corrected chi connectivity index (χ4v) is 2.49. The first-order chi connectivity index (χ1) is 8.72. The molecule has 3 nitrogen and oxygen atoms in total. The molecule has 1 aliphatic rings. The van der Waals surface area contributed by atoms with Gasteiger partial charge in [-0.15, -0.1) is 0 Å². The minimum atomic E-state index is -0.256. The average molecular weight is 251 g/mol. The molecule has 0 unspecified atom stereocenters. The number of hydrogen-bond acceptors (Lipinski definition) is 3. The standard InChI is InChI=1S/C14H18FNO2/c1-2-18-14(17)13-9-16-7-6-12(13)10-4-3-5-11(15)8-10/h3-5,8,12-13,16H,2,6-7,9H2,1H3/t12-,13-/m0/s1. The zero-order chi connectivity index (χ0) is 13.0. The Labute approximate surface area is 106 Å². The number of esters is 1. The first-order valence-electron chi connectivity index (χ1n) is 6.35. The van der Waals surface area contributed by atoms with Crippen LogP contribution < -0.4 is 5.32 Å². The van der Waals surface area contributed by atoms with E-state index in [-0.39, 0.29) is 23.6 Å². The minimum Gasteiger partial charge on any atom is -0.466 e. The number of rotatable bonds is 3. The number of benzene rings is 1. The van der Waals surface area contributed by atoms with Crippen molar-refractivity contribution in [2.75, 3.05) is 19.7 Å². The van der Waals surface area contributed by atoms with Gasteiger partial charge < -0.3 is 10.1 Å². The molecular weight excluding hydrogens is 233 g/mol. The van der Waals surface area contributed by atoms with Gasteiger partial charge in [0.1, 0.15) is 5.82 Å². The van der Waals surface area contributed by atoms with Crippen LogP contribution in [0.5, 0.6) is 0 Å². The maximum Gasteiger partial charge on any atom is 0.310 e. The van der Waals surface area contributed by atoms with Crippen LogP contribution in [0.2, 0.25) is 0 Å². The van der Waals surface area contributed by atoms with Crippen LogP contribution in [-0.4, -0.2) is 25.7 Å². The number of halogens is 1. The Bertz CT molecular complexity index is 422. The Morgan fingerprint density at radius 2 is 2.39 bits per heavy atom. The van der Waals surface area contributed by atoms with Gasteiger partial charge in [0.2, 0.25) is 0 Å². The maximum atomic E-state index is 13.3. The lowest BCUT2D eigenvalue weighted by Crippen LogP contribution is -2.40. The van der Waals surface area contributed by atoms with E-state index in [9.17, 15) is 9.18 Å². The third-order valence-corrected chi connectivity index (χ3v) is 3.35. The molecule has 98 valence electrons. The van der Waals surface area contributed by atoms with Crippen LogP contribution in [-0.2, 0) is 9.53 Å². The Morgan fingerprint density at radius 3 is 3.11 bits per heavy atom. The van der Waals surface area contributed by atoms with Gasteiger partial charge in [-0.25, -0.2) is 4.39 Å². The van der Waals surface area contributed by atoms with E-state index in [0.717, 1.165) is 18.5 Å². The molecule has 1 aromatic rings. The highest BCUT2D eigenvalue weighted by molar-refractivity contribution is 5.74. The molecule has 0 aromatic heterocycles. The van der Waals surface area contributed by atoms with Crippen LogP contribution in [0.25, 0.3) is 0 Å². The van der Waals surface area contributed by atoms with Crippen molar-refractivity contribution < 1.29 is 13.9 Å². The van der Waals surface area contributed by atoms with E-state index in [1.807, 2.05) is 6.07 Å². The van der Waals surface area contributed by atoms with Gasteiger partial charge in [-0.05, 0) is 43.5 Å². The van der Waals surface area contributed by atoms with Crippen LogP contribution in [0.15, 0.2) is 24.3 Å². The second kappa shape index (κ2) is 5.96. The average Bonchev–Trinajstić information content (AvgIpc) is 2.39. The third kappa shape index (κ3) is 2.88. The van der Waals surface area contributed by atoms with Crippen LogP contribution >= 0.6 is 0 Å². The van der Waals surface area contributed by atoms with E-state index in [2.05, 4.69) is 5.32 Å². The Kier molecular flexibility index (Phi) is 4.31. The van der Waals surface area contributed by atoms with Crippen molar-refractivity contribution in [3.63, 3.8) is 0 Å². The van der Waals surface area contributed by atoms with Crippen molar-refractivity contribution in [1.29, 1.82) is 0 Å². The lowest BCUT2D eigenvalue weighted by molar-refractivity contribution is -0.149. The first-order valence-corrected chi connectivity index (χ1v) is 6.35. The summed E-state index contributed by atoms with van der Waals surface area (Å²) >= 11 is 0. The molecule has 0 radical (unpaired) electrons. The largest absolute Gasteiger partial charge is 0.466 e. The van der Waals surface area contributed by atoms with E-state index < -0.39 is 0 Å². The number of nitrogens with one attached hydrogen (secondary N) is 1. The summed E-state index contributed by atoms with van der Waals surface area (Å²) in [6.07, 6.45) is 0.826. The quantitative estimate of drug-likeness (QED) is 0.836. The molecule has 1 saturated heterocycles. The normalized spacial score (nSPS) is 23.7. The molecular formula is C14H18FNO2. The van der Waals surface area contributed by atoms with E-state index in [1.165, 1.54) is 12.1 Å². The highest BCUT2D eigenvalue weighted by Gasteiger charge is 2.33. The summed E-state index contributed by atoms with van der Waals surface area (Å²) in [5, 5.41) is 3.19. The topological polar surface area (TPSA) is 38.3 Å². The van der Waals surface area contributed by atoms with Crippen LogP contribution in [0, 0.1) is 11.7 Å². The summed E-state index contributed by atoms with van der Waals surface area (Å²) in [5.41, 5.74) is 0.884. The summed E-state index contributed by atoms with van der Waals surface area (Å²) in [7, 11) is 0. The lowest BCUT2D eigenvalue weighted by atomic mass is 9.81. The number of ether oxygens (including phenoxy) is 1.